The Balaban J connectivity index is 1.68. The smallest absolute Gasteiger partial charge is 0.407 e. The van der Waals surface area contributed by atoms with E-state index in [4.69, 9.17) is 27.8 Å². The SMILES string of the molecule is CC(=O)NCSC[C@H](NC(=O)[C@H](CCCCNC(=O)OCc1ccccc1Cl)NC(=O)[C@H](N)Cc1c[nH]c2ccccc12)C(=O)N[C@H](C(N)=O)[C@@H](C)O. The molecule has 1 heterocycles. The highest BCUT2D eigenvalue weighted by Crippen LogP contribution is 2.19. The molecule has 2 aromatic carbocycles. The average molecular weight is 775 g/mol. The number of aliphatic hydroxyl groups is 1. The number of hydrogen-bond donors (Lipinski definition) is 9. The number of benzene rings is 2. The van der Waals surface area contributed by atoms with Gasteiger partial charge in [-0.25, -0.2) is 4.79 Å². The maximum atomic E-state index is 13.7. The van der Waals surface area contributed by atoms with E-state index in [1.165, 1.54) is 13.8 Å². The molecule has 5 atom stereocenters. The van der Waals surface area contributed by atoms with Gasteiger partial charge in [0.1, 0.15) is 24.7 Å². The molecule has 0 radical (unpaired) electrons. The van der Waals surface area contributed by atoms with Crippen molar-refractivity contribution in [3.05, 3.63) is 70.9 Å². The number of ether oxygens (including phenoxy) is 1. The first-order valence-corrected chi connectivity index (χ1v) is 18.4. The minimum Gasteiger partial charge on any atom is -0.445 e. The molecule has 0 bridgehead atoms. The lowest BCUT2D eigenvalue weighted by Crippen LogP contribution is -2.59. The number of para-hydroxylation sites is 1. The molecule has 16 nitrogen and oxygen atoms in total. The quantitative estimate of drug-likeness (QED) is 0.0547. The number of aromatic nitrogens is 1. The maximum Gasteiger partial charge on any atom is 0.407 e. The second kappa shape index (κ2) is 21.6. The summed E-state index contributed by atoms with van der Waals surface area (Å²) < 4.78 is 5.22. The molecular formula is C35H47ClN8O8S. The van der Waals surface area contributed by atoms with Crippen LogP contribution in [-0.2, 0) is 41.7 Å². The summed E-state index contributed by atoms with van der Waals surface area (Å²) in [6.45, 7) is 2.77. The van der Waals surface area contributed by atoms with Gasteiger partial charge in [0.05, 0.1) is 18.0 Å². The molecule has 6 amide bonds. The molecule has 0 aliphatic rings. The van der Waals surface area contributed by atoms with Crippen molar-refractivity contribution < 1.29 is 38.6 Å². The van der Waals surface area contributed by atoms with Crippen molar-refractivity contribution in [3.8, 4) is 0 Å². The zero-order valence-corrected chi connectivity index (χ0v) is 31.1. The van der Waals surface area contributed by atoms with Gasteiger partial charge in [0.15, 0.2) is 0 Å². The van der Waals surface area contributed by atoms with E-state index < -0.39 is 60.0 Å². The van der Waals surface area contributed by atoms with Crippen molar-refractivity contribution in [3.63, 3.8) is 0 Å². The Morgan fingerprint density at radius 1 is 0.906 bits per heavy atom. The van der Waals surface area contributed by atoms with E-state index in [0.717, 1.165) is 28.2 Å². The normalized spacial score (nSPS) is 13.8. The first-order valence-electron chi connectivity index (χ1n) is 16.9. The lowest BCUT2D eigenvalue weighted by Gasteiger charge is -2.26. The summed E-state index contributed by atoms with van der Waals surface area (Å²) in [5.41, 5.74) is 14.0. The fourth-order valence-corrected chi connectivity index (χ4v) is 6.20. The van der Waals surface area contributed by atoms with E-state index in [9.17, 15) is 33.9 Å². The molecule has 11 N–H and O–H groups in total. The van der Waals surface area contributed by atoms with Crippen LogP contribution < -0.4 is 38.1 Å². The fraction of sp³-hybridized carbons (Fsp3) is 0.429. The summed E-state index contributed by atoms with van der Waals surface area (Å²) in [4.78, 5) is 79.0. The van der Waals surface area contributed by atoms with Gasteiger partial charge in [-0.3, -0.25) is 24.0 Å². The summed E-state index contributed by atoms with van der Waals surface area (Å²) in [5.74, 6) is -3.39. The van der Waals surface area contributed by atoms with Crippen molar-refractivity contribution >= 4 is 69.9 Å². The van der Waals surface area contributed by atoms with Gasteiger partial charge in [-0.15, -0.1) is 11.8 Å². The summed E-state index contributed by atoms with van der Waals surface area (Å²) in [6, 6.07) is 9.59. The van der Waals surface area contributed by atoms with E-state index in [-0.39, 0.29) is 43.5 Å². The predicted molar refractivity (Wildman–Crippen MR) is 201 cm³/mol. The van der Waals surface area contributed by atoms with Crippen LogP contribution in [0, 0.1) is 0 Å². The average Bonchev–Trinajstić information content (AvgIpc) is 3.52. The number of hydrogen-bond acceptors (Lipinski definition) is 10. The van der Waals surface area contributed by atoms with E-state index in [1.807, 2.05) is 24.3 Å². The third-order valence-corrected chi connectivity index (χ3v) is 9.30. The number of primary amides is 1. The number of amides is 6. The Morgan fingerprint density at radius 2 is 1.58 bits per heavy atom. The number of fused-ring (bicyclic) bond motifs is 1. The maximum absolute atomic E-state index is 13.7. The molecule has 18 heteroatoms. The fourth-order valence-electron chi connectivity index (χ4n) is 5.12. The number of unbranched alkanes of at least 4 members (excludes halogenated alkanes) is 1. The van der Waals surface area contributed by atoms with Gasteiger partial charge in [0.25, 0.3) is 0 Å². The largest absolute Gasteiger partial charge is 0.445 e. The predicted octanol–water partition coefficient (Wildman–Crippen LogP) is 0.935. The molecular weight excluding hydrogens is 728 g/mol. The first-order chi connectivity index (χ1) is 25.3. The van der Waals surface area contributed by atoms with Crippen molar-refractivity contribution in [2.45, 2.75) is 76.4 Å². The Hall–Kier alpha value is -4.84. The summed E-state index contributed by atoms with van der Waals surface area (Å²) in [6.07, 6.45) is 0.791. The second-order valence-electron chi connectivity index (χ2n) is 12.3. The Morgan fingerprint density at radius 3 is 2.28 bits per heavy atom. The van der Waals surface area contributed by atoms with Gasteiger partial charge in [-0.2, -0.15) is 0 Å². The molecule has 0 saturated carbocycles. The van der Waals surface area contributed by atoms with Crippen LogP contribution in [0.2, 0.25) is 5.02 Å². The van der Waals surface area contributed by atoms with E-state index in [2.05, 4.69) is 31.6 Å². The Labute approximate surface area is 316 Å². The highest BCUT2D eigenvalue weighted by Gasteiger charge is 2.31. The molecule has 53 heavy (non-hydrogen) atoms. The van der Waals surface area contributed by atoms with Crippen LogP contribution in [0.5, 0.6) is 0 Å². The van der Waals surface area contributed by atoms with E-state index >= 15 is 0 Å². The van der Waals surface area contributed by atoms with Crippen LogP contribution in [0.15, 0.2) is 54.7 Å². The van der Waals surface area contributed by atoms with Gasteiger partial charge in [0, 0.05) is 46.9 Å². The van der Waals surface area contributed by atoms with E-state index in [0.29, 0.717) is 23.4 Å². The molecule has 0 aliphatic heterocycles. The Bertz CT molecular complexity index is 1720. The second-order valence-corrected chi connectivity index (χ2v) is 13.7. The van der Waals surface area contributed by atoms with Crippen LogP contribution >= 0.6 is 23.4 Å². The van der Waals surface area contributed by atoms with Crippen LogP contribution in [0.3, 0.4) is 0 Å². The topological polar surface area (TPSA) is 260 Å². The highest BCUT2D eigenvalue weighted by molar-refractivity contribution is 7.99. The number of thioether (sulfide) groups is 1. The minimum atomic E-state index is -1.44. The summed E-state index contributed by atoms with van der Waals surface area (Å²) in [5, 5.41) is 24.2. The van der Waals surface area contributed by atoms with Crippen molar-refractivity contribution in [1.82, 2.24) is 31.6 Å². The number of rotatable bonds is 21. The number of H-pyrrole nitrogens is 1. The number of nitrogens with two attached hydrogens (primary N) is 2. The van der Waals surface area contributed by atoms with Crippen molar-refractivity contribution in [1.29, 1.82) is 0 Å². The summed E-state index contributed by atoms with van der Waals surface area (Å²) >= 11 is 7.22. The number of carbonyl (C=O) groups is 6. The summed E-state index contributed by atoms with van der Waals surface area (Å²) in [7, 11) is 0. The zero-order chi connectivity index (χ0) is 38.9. The van der Waals surface area contributed by atoms with Crippen LogP contribution in [0.25, 0.3) is 10.9 Å². The molecule has 288 valence electrons. The minimum absolute atomic E-state index is 0.0200. The van der Waals surface area contributed by atoms with Crippen molar-refractivity contribution in [2.75, 3.05) is 18.2 Å². The third-order valence-electron chi connectivity index (χ3n) is 8.02. The molecule has 0 fully saturated rings. The molecule has 0 unspecified atom stereocenters. The van der Waals surface area contributed by atoms with Crippen LogP contribution in [0.4, 0.5) is 4.79 Å². The van der Waals surface area contributed by atoms with Gasteiger partial charge < -0.3 is 52.9 Å². The molecule has 0 spiro atoms. The number of halogens is 1. The van der Waals surface area contributed by atoms with Gasteiger partial charge in [0.2, 0.25) is 29.5 Å². The monoisotopic (exact) mass is 774 g/mol. The molecule has 3 rings (SSSR count). The van der Waals surface area contributed by atoms with Crippen molar-refractivity contribution in [2.24, 2.45) is 11.5 Å². The molecule has 1 aromatic heterocycles. The highest BCUT2D eigenvalue weighted by atomic mass is 35.5. The number of nitrogens with one attached hydrogen (secondary N) is 6. The number of carbonyl (C=O) groups excluding carboxylic acids is 6. The lowest BCUT2D eigenvalue weighted by atomic mass is 10.0. The van der Waals surface area contributed by atoms with Crippen LogP contribution in [0.1, 0.15) is 44.2 Å². The number of alkyl carbamates (subject to hydrolysis) is 1. The lowest BCUT2D eigenvalue weighted by molar-refractivity contribution is -0.134. The number of aliphatic hydroxyl groups excluding tert-OH is 1. The van der Waals surface area contributed by atoms with Gasteiger partial charge in [-0.05, 0) is 50.3 Å². The van der Waals surface area contributed by atoms with E-state index in [1.54, 1.807) is 30.5 Å². The molecule has 3 aromatic rings. The van der Waals surface area contributed by atoms with Crippen LogP contribution in [-0.4, -0.2) is 94.2 Å². The molecule has 0 aliphatic carbocycles. The van der Waals surface area contributed by atoms with Gasteiger partial charge >= 0.3 is 6.09 Å². The molecule has 0 saturated heterocycles. The Kier molecular flexibility index (Phi) is 17.4. The third kappa shape index (κ3) is 14.2. The zero-order valence-electron chi connectivity index (χ0n) is 29.5. The first kappa shape index (κ1) is 42.6. The standard InChI is InChI=1S/C35H47ClN8O8S/c1-20(45)30(31(38)47)44-34(50)29(18-53-19-41-21(2)46)43-33(49)28(13-7-8-14-39-35(51)52-17-22-9-3-5-11-25(22)36)42-32(48)26(37)15-23-16-40-27-12-6-4-10-24(23)27/h3-6,9-12,16,20,26,28-30,40,45H,7-8,13-15,17-19,37H2,1-2H3,(H2,38,47)(H,39,51)(H,41,46)(H,42,48)(H,43,49)(H,44,50)/t20-,26-,28+,29+,30+/m1/s1. The van der Waals surface area contributed by atoms with Gasteiger partial charge in [-0.1, -0.05) is 48.0 Å². The number of aromatic amines is 1.